The van der Waals surface area contributed by atoms with Crippen molar-refractivity contribution in [1.82, 2.24) is 5.32 Å². The molecule has 1 aromatic carbocycles. The van der Waals surface area contributed by atoms with Gasteiger partial charge in [-0.2, -0.15) is 0 Å². The van der Waals surface area contributed by atoms with Crippen molar-refractivity contribution in [3.63, 3.8) is 0 Å². The van der Waals surface area contributed by atoms with Gasteiger partial charge in [0.25, 0.3) is 0 Å². The standard InChI is InChI=1S/C12H17NO3/c1-2-13-6-3-7-14-10-4-5-11-12(8-10)16-9-15-11/h4-5,8,13H,2-3,6-7,9H2,1H3. The highest BCUT2D eigenvalue weighted by Crippen LogP contribution is 2.34. The number of rotatable bonds is 6. The van der Waals surface area contributed by atoms with Crippen molar-refractivity contribution in [3.05, 3.63) is 18.2 Å². The van der Waals surface area contributed by atoms with Gasteiger partial charge >= 0.3 is 0 Å². The van der Waals surface area contributed by atoms with E-state index < -0.39 is 0 Å². The van der Waals surface area contributed by atoms with Crippen molar-refractivity contribution < 1.29 is 14.2 Å². The van der Waals surface area contributed by atoms with Crippen molar-refractivity contribution in [2.45, 2.75) is 13.3 Å². The topological polar surface area (TPSA) is 39.7 Å². The predicted molar refractivity (Wildman–Crippen MR) is 61.2 cm³/mol. The summed E-state index contributed by atoms with van der Waals surface area (Å²) < 4.78 is 16.1. The first-order chi connectivity index (χ1) is 7.90. The lowest BCUT2D eigenvalue weighted by Gasteiger charge is -2.06. The van der Waals surface area contributed by atoms with Crippen LogP contribution in [0, 0.1) is 0 Å². The van der Waals surface area contributed by atoms with E-state index in [0.29, 0.717) is 13.4 Å². The molecule has 0 spiro atoms. The van der Waals surface area contributed by atoms with Gasteiger partial charge in [0, 0.05) is 6.07 Å². The molecule has 0 saturated carbocycles. The summed E-state index contributed by atoms with van der Waals surface area (Å²) in [6.07, 6.45) is 1.00. The Hall–Kier alpha value is -1.42. The SMILES string of the molecule is CCNCCCOc1ccc2c(c1)OCO2. The minimum absolute atomic E-state index is 0.305. The van der Waals surface area contributed by atoms with Crippen molar-refractivity contribution in [2.24, 2.45) is 0 Å². The number of nitrogens with one attached hydrogen (secondary N) is 1. The van der Waals surface area contributed by atoms with E-state index in [1.54, 1.807) is 0 Å². The van der Waals surface area contributed by atoms with E-state index >= 15 is 0 Å². The average Bonchev–Trinajstić information content (AvgIpc) is 2.76. The lowest BCUT2D eigenvalue weighted by atomic mass is 10.3. The van der Waals surface area contributed by atoms with E-state index in [1.165, 1.54) is 0 Å². The number of fused-ring (bicyclic) bond motifs is 1. The van der Waals surface area contributed by atoms with Crippen LogP contribution in [-0.2, 0) is 0 Å². The molecule has 0 atom stereocenters. The Morgan fingerprint density at radius 3 is 3.06 bits per heavy atom. The Kier molecular flexibility index (Phi) is 3.88. The van der Waals surface area contributed by atoms with Gasteiger partial charge in [-0.05, 0) is 31.6 Å². The summed E-state index contributed by atoms with van der Waals surface area (Å²) in [6.45, 7) is 5.11. The monoisotopic (exact) mass is 223 g/mol. The van der Waals surface area contributed by atoms with E-state index in [9.17, 15) is 0 Å². The van der Waals surface area contributed by atoms with Crippen LogP contribution in [0.15, 0.2) is 18.2 Å². The van der Waals surface area contributed by atoms with Gasteiger partial charge in [-0.25, -0.2) is 0 Å². The lowest BCUT2D eigenvalue weighted by Crippen LogP contribution is -2.16. The van der Waals surface area contributed by atoms with Gasteiger partial charge in [0.05, 0.1) is 6.61 Å². The number of benzene rings is 1. The van der Waals surface area contributed by atoms with Crippen LogP contribution < -0.4 is 19.5 Å². The molecule has 4 heteroatoms. The van der Waals surface area contributed by atoms with Gasteiger partial charge in [0.1, 0.15) is 5.75 Å². The number of hydrogen-bond acceptors (Lipinski definition) is 4. The average molecular weight is 223 g/mol. The third kappa shape index (κ3) is 2.79. The molecule has 0 unspecified atom stereocenters. The molecule has 0 bridgehead atoms. The van der Waals surface area contributed by atoms with E-state index in [2.05, 4.69) is 12.2 Å². The van der Waals surface area contributed by atoms with E-state index in [-0.39, 0.29) is 0 Å². The molecule has 1 aliphatic rings. The van der Waals surface area contributed by atoms with Crippen LogP contribution in [0.4, 0.5) is 0 Å². The zero-order valence-electron chi connectivity index (χ0n) is 9.49. The fourth-order valence-electron chi connectivity index (χ4n) is 1.53. The second-order valence-corrected chi connectivity index (χ2v) is 3.57. The van der Waals surface area contributed by atoms with Gasteiger partial charge in [-0.15, -0.1) is 0 Å². The maximum atomic E-state index is 5.60. The van der Waals surface area contributed by atoms with E-state index in [1.807, 2.05) is 18.2 Å². The molecular formula is C12H17NO3. The molecule has 0 radical (unpaired) electrons. The van der Waals surface area contributed by atoms with Gasteiger partial charge in [0.15, 0.2) is 11.5 Å². The minimum Gasteiger partial charge on any atom is -0.493 e. The summed E-state index contributed by atoms with van der Waals surface area (Å²) >= 11 is 0. The first kappa shape index (κ1) is 11.1. The lowest BCUT2D eigenvalue weighted by molar-refractivity contribution is 0.173. The molecule has 0 saturated heterocycles. The molecule has 0 fully saturated rings. The quantitative estimate of drug-likeness (QED) is 0.746. The summed E-state index contributed by atoms with van der Waals surface area (Å²) in [5, 5.41) is 3.25. The molecule has 16 heavy (non-hydrogen) atoms. The molecule has 0 aliphatic carbocycles. The Morgan fingerprint density at radius 2 is 2.19 bits per heavy atom. The Balaban J connectivity index is 1.77. The Morgan fingerprint density at radius 1 is 1.31 bits per heavy atom. The highest BCUT2D eigenvalue weighted by atomic mass is 16.7. The smallest absolute Gasteiger partial charge is 0.231 e. The summed E-state index contributed by atoms with van der Waals surface area (Å²) in [6, 6.07) is 5.65. The Bertz CT molecular complexity index is 341. The van der Waals surface area contributed by atoms with Crippen LogP contribution in [0.3, 0.4) is 0 Å². The second kappa shape index (κ2) is 5.61. The largest absolute Gasteiger partial charge is 0.493 e. The van der Waals surface area contributed by atoms with Crippen molar-refractivity contribution in [1.29, 1.82) is 0 Å². The summed E-state index contributed by atoms with van der Waals surface area (Å²) in [5.41, 5.74) is 0. The fraction of sp³-hybridized carbons (Fsp3) is 0.500. The molecule has 4 nitrogen and oxygen atoms in total. The molecule has 0 amide bonds. The highest BCUT2D eigenvalue weighted by Gasteiger charge is 2.13. The normalized spacial score (nSPS) is 12.8. The summed E-state index contributed by atoms with van der Waals surface area (Å²) in [7, 11) is 0. The van der Waals surface area contributed by atoms with E-state index in [4.69, 9.17) is 14.2 Å². The van der Waals surface area contributed by atoms with Gasteiger partial charge < -0.3 is 19.5 Å². The zero-order valence-corrected chi connectivity index (χ0v) is 9.49. The van der Waals surface area contributed by atoms with Crippen LogP contribution in [0.5, 0.6) is 17.2 Å². The molecule has 1 heterocycles. The van der Waals surface area contributed by atoms with Crippen LogP contribution in [0.1, 0.15) is 13.3 Å². The first-order valence-electron chi connectivity index (χ1n) is 5.63. The zero-order chi connectivity index (χ0) is 11.2. The molecule has 1 aromatic rings. The van der Waals surface area contributed by atoms with Gasteiger partial charge in [-0.3, -0.25) is 0 Å². The van der Waals surface area contributed by atoms with E-state index in [0.717, 1.165) is 36.8 Å². The first-order valence-corrected chi connectivity index (χ1v) is 5.63. The van der Waals surface area contributed by atoms with Crippen LogP contribution in [0.2, 0.25) is 0 Å². The maximum absolute atomic E-state index is 5.60. The molecule has 1 N–H and O–H groups in total. The molecule has 88 valence electrons. The van der Waals surface area contributed by atoms with Gasteiger partial charge in [-0.1, -0.05) is 6.92 Å². The molecular weight excluding hydrogens is 206 g/mol. The Labute approximate surface area is 95.5 Å². The van der Waals surface area contributed by atoms with Crippen molar-refractivity contribution in [3.8, 4) is 17.2 Å². The molecule has 1 aliphatic heterocycles. The number of hydrogen-bond donors (Lipinski definition) is 1. The van der Waals surface area contributed by atoms with Crippen LogP contribution >= 0.6 is 0 Å². The van der Waals surface area contributed by atoms with Crippen LogP contribution in [-0.4, -0.2) is 26.5 Å². The minimum atomic E-state index is 0.305. The summed E-state index contributed by atoms with van der Waals surface area (Å²) in [5.74, 6) is 2.39. The highest BCUT2D eigenvalue weighted by molar-refractivity contribution is 5.46. The van der Waals surface area contributed by atoms with Crippen LogP contribution in [0.25, 0.3) is 0 Å². The fourth-order valence-corrected chi connectivity index (χ4v) is 1.53. The predicted octanol–water partition coefficient (Wildman–Crippen LogP) is 1.79. The summed E-state index contributed by atoms with van der Waals surface area (Å²) in [4.78, 5) is 0. The molecule has 2 rings (SSSR count). The van der Waals surface area contributed by atoms with Crippen molar-refractivity contribution >= 4 is 0 Å². The molecule has 0 aromatic heterocycles. The second-order valence-electron chi connectivity index (χ2n) is 3.57. The maximum Gasteiger partial charge on any atom is 0.231 e. The van der Waals surface area contributed by atoms with Crippen molar-refractivity contribution in [2.75, 3.05) is 26.5 Å². The third-order valence-electron chi connectivity index (χ3n) is 2.36. The third-order valence-corrected chi connectivity index (χ3v) is 2.36. The number of ether oxygens (including phenoxy) is 3. The van der Waals surface area contributed by atoms with Gasteiger partial charge in [0.2, 0.25) is 6.79 Å².